The Labute approximate surface area is 111 Å². The van der Waals surface area contributed by atoms with Crippen LogP contribution in [0.2, 0.25) is 0 Å². The average molecular weight is 268 g/mol. The van der Waals surface area contributed by atoms with Gasteiger partial charge in [0.05, 0.1) is 5.69 Å². The van der Waals surface area contributed by atoms with Gasteiger partial charge in [-0.2, -0.15) is 0 Å². The minimum atomic E-state index is -0.921. The summed E-state index contributed by atoms with van der Waals surface area (Å²) in [5, 5.41) is 15.4. The van der Waals surface area contributed by atoms with Crippen molar-refractivity contribution >= 4 is 22.4 Å². The van der Waals surface area contributed by atoms with Gasteiger partial charge in [-0.15, -0.1) is 11.3 Å². The van der Waals surface area contributed by atoms with E-state index in [1.165, 1.54) is 30.6 Å². The zero-order chi connectivity index (χ0) is 13.4. The first-order valence-electron chi connectivity index (χ1n) is 6.37. The number of hydrogen-bond donors (Lipinski definition) is 2. The van der Waals surface area contributed by atoms with Crippen molar-refractivity contribution in [3.63, 3.8) is 0 Å². The summed E-state index contributed by atoms with van der Waals surface area (Å²) in [6.45, 7) is 5.56. The van der Waals surface area contributed by atoms with E-state index in [1.807, 2.05) is 5.38 Å². The topological polar surface area (TPSA) is 62.2 Å². The molecule has 1 aromatic heterocycles. The van der Waals surface area contributed by atoms with E-state index in [2.05, 4.69) is 17.2 Å². The second-order valence-corrected chi connectivity index (χ2v) is 6.44. The Bertz CT molecular complexity index is 444. The highest BCUT2D eigenvalue weighted by Crippen LogP contribution is 2.39. The highest BCUT2D eigenvalue weighted by Gasteiger charge is 2.37. The molecule has 1 aromatic rings. The molecule has 5 heteroatoms. The van der Waals surface area contributed by atoms with Crippen molar-refractivity contribution in [2.45, 2.75) is 57.4 Å². The Hall–Kier alpha value is -1.10. The van der Waals surface area contributed by atoms with Crippen molar-refractivity contribution in [2.24, 2.45) is 0 Å². The number of carboxylic acids is 1. The Morgan fingerprint density at radius 2 is 2.28 bits per heavy atom. The van der Waals surface area contributed by atoms with Gasteiger partial charge in [-0.05, 0) is 39.5 Å². The fraction of sp³-hybridized carbons (Fsp3) is 0.692. The van der Waals surface area contributed by atoms with Crippen molar-refractivity contribution < 1.29 is 9.90 Å². The maximum atomic E-state index is 11.2. The molecular weight excluding hydrogens is 248 g/mol. The van der Waals surface area contributed by atoms with Crippen molar-refractivity contribution in [1.82, 2.24) is 4.98 Å². The smallest absolute Gasteiger partial charge is 0.315 e. The lowest BCUT2D eigenvalue weighted by Crippen LogP contribution is -2.44. The van der Waals surface area contributed by atoms with Crippen LogP contribution in [0, 0.1) is 0 Å². The molecule has 0 bridgehead atoms. The Morgan fingerprint density at radius 3 is 2.72 bits per heavy atom. The average Bonchev–Trinajstić information content (AvgIpc) is 2.72. The first-order valence-corrected chi connectivity index (χ1v) is 7.25. The normalized spacial score (nSPS) is 18.2. The van der Waals surface area contributed by atoms with Crippen LogP contribution in [-0.2, 0) is 10.2 Å². The van der Waals surface area contributed by atoms with E-state index in [1.54, 1.807) is 13.8 Å². The molecule has 0 saturated heterocycles. The lowest BCUT2D eigenvalue weighted by molar-refractivity contribution is -0.142. The van der Waals surface area contributed by atoms with Crippen molar-refractivity contribution in [3.05, 3.63) is 11.1 Å². The lowest BCUT2D eigenvalue weighted by Gasteiger charge is -2.42. The number of thiazole rings is 1. The van der Waals surface area contributed by atoms with E-state index in [0.29, 0.717) is 5.69 Å². The molecule has 1 fully saturated rings. The van der Waals surface area contributed by atoms with Gasteiger partial charge in [0.15, 0.2) is 5.13 Å². The molecule has 18 heavy (non-hydrogen) atoms. The monoisotopic (exact) mass is 268 g/mol. The van der Waals surface area contributed by atoms with Gasteiger partial charge < -0.3 is 10.4 Å². The molecule has 1 aliphatic rings. The summed E-state index contributed by atoms with van der Waals surface area (Å²) >= 11 is 1.50. The molecule has 0 aliphatic heterocycles. The molecule has 2 rings (SSSR count). The fourth-order valence-electron chi connectivity index (χ4n) is 2.13. The molecule has 0 radical (unpaired) electrons. The summed E-state index contributed by atoms with van der Waals surface area (Å²) in [6.07, 6.45) is 4.71. The van der Waals surface area contributed by atoms with Crippen molar-refractivity contribution in [1.29, 1.82) is 0 Å². The fourth-order valence-corrected chi connectivity index (χ4v) is 3.12. The van der Waals surface area contributed by atoms with E-state index in [4.69, 9.17) is 0 Å². The van der Waals surface area contributed by atoms with Crippen LogP contribution in [0.4, 0.5) is 5.13 Å². The maximum absolute atomic E-state index is 11.2. The number of hydrogen-bond acceptors (Lipinski definition) is 4. The molecule has 4 nitrogen and oxygen atoms in total. The maximum Gasteiger partial charge on any atom is 0.315 e. The molecule has 0 unspecified atom stereocenters. The quantitative estimate of drug-likeness (QED) is 0.860. The number of carboxylic acid groups (broad SMARTS) is 1. The summed E-state index contributed by atoms with van der Waals surface area (Å²) in [7, 11) is 0. The largest absolute Gasteiger partial charge is 0.481 e. The molecular formula is C13H20N2O2S. The van der Waals surface area contributed by atoms with Gasteiger partial charge in [0, 0.05) is 10.9 Å². The highest BCUT2D eigenvalue weighted by atomic mass is 32.1. The summed E-state index contributed by atoms with van der Waals surface area (Å²) < 4.78 is 0. The van der Waals surface area contributed by atoms with Crippen LogP contribution < -0.4 is 5.32 Å². The zero-order valence-corrected chi connectivity index (χ0v) is 11.9. The first-order chi connectivity index (χ1) is 8.39. The van der Waals surface area contributed by atoms with Gasteiger partial charge >= 0.3 is 5.97 Å². The van der Waals surface area contributed by atoms with Crippen LogP contribution >= 0.6 is 11.3 Å². The molecule has 0 aromatic carbocycles. The molecule has 0 amide bonds. The number of carbonyl (C=O) groups is 1. The van der Waals surface area contributed by atoms with Gasteiger partial charge in [-0.3, -0.25) is 4.79 Å². The van der Waals surface area contributed by atoms with E-state index >= 15 is 0 Å². The van der Waals surface area contributed by atoms with Gasteiger partial charge in [-0.1, -0.05) is 6.92 Å². The molecule has 1 saturated carbocycles. The van der Waals surface area contributed by atoms with E-state index in [-0.39, 0.29) is 5.54 Å². The summed E-state index contributed by atoms with van der Waals surface area (Å²) in [6, 6.07) is 0. The minimum absolute atomic E-state index is 0.197. The Balaban J connectivity index is 2.13. The number of aliphatic carboxylic acids is 1. The first kappa shape index (κ1) is 13.3. The summed E-state index contributed by atoms with van der Waals surface area (Å²) in [5.74, 6) is -0.840. The minimum Gasteiger partial charge on any atom is -0.481 e. The van der Waals surface area contributed by atoms with E-state index in [9.17, 15) is 9.90 Å². The zero-order valence-electron chi connectivity index (χ0n) is 11.1. The van der Waals surface area contributed by atoms with Gasteiger partial charge in [0.2, 0.25) is 0 Å². The molecule has 1 aliphatic carbocycles. The number of nitrogens with one attached hydrogen (secondary N) is 1. The van der Waals surface area contributed by atoms with E-state index < -0.39 is 11.4 Å². The standard InChI is InChI=1S/C13H20N2O2S/c1-4-13(6-5-7-13)15-11-14-9(8-18-11)12(2,3)10(16)17/h8H,4-7H2,1-3H3,(H,14,15)(H,16,17). The number of anilines is 1. The van der Waals surface area contributed by atoms with Gasteiger partial charge in [0.1, 0.15) is 5.41 Å². The summed E-state index contributed by atoms with van der Waals surface area (Å²) in [4.78, 5) is 15.6. The third-order valence-electron chi connectivity index (χ3n) is 4.04. The molecule has 0 atom stereocenters. The predicted molar refractivity (Wildman–Crippen MR) is 73.3 cm³/mol. The van der Waals surface area contributed by atoms with Crippen molar-refractivity contribution in [2.75, 3.05) is 5.32 Å². The molecule has 100 valence electrons. The highest BCUT2D eigenvalue weighted by molar-refractivity contribution is 7.13. The Morgan fingerprint density at radius 1 is 1.61 bits per heavy atom. The van der Waals surface area contributed by atoms with E-state index in [0.717, 1.165) is 11.6 Å². The van der Waals surface area contributed by atoms with Crippen molar-refractivity contribution in [3.8, 4) is 0 Å². The third kappa shape index (κ3) is 2.23. The third-order valence-corrected chi connectivity index (χ3v) is 4.80. The summed E-state index contributed by atoms with van der Waals surface area (Å²) in [5.41, 5.74) is -0.0918. The van der Waals surface area contributed by atoms with Gasteiger partial charge in [0.25, 0.3) is 0 Å². The van der Waals surface area contributed by atoms with Crippen LogP contribution in [0.25, 0.3) is 0 Å². The number of aromatic nitrogens is 1. The second-order valence-electron chi connectivity index (χ2n) is 5.58. The molecule has 2 N–H and O–H groups in total. The van der Waals surface area contributed by atoms with Crippen LogP contribution in [0.3, 0.4) is 0 Å². The van der Waals surface area contributed by atoms with Crippen LogP contribution in [0.15, 0.2) is 5.38 Å². The number of rotatable bonds is 5. The van der Waals surface area contributed by atoms with Crippen LogP contribution in [0.5, 0.6) is 0 Å². The molecule has 0 spiro atoms. The van der Waals surface area contributed by atoms with Crippen LogP contribution in [-0.4, -0.2) is 21.6 Å². The van der Waals surface area contributed by atoms with Gasteiger partial charge in [-0.25, -0.2) is 4.98 Å². The second kappa shape index (κ2) is 4.53. The SMILES string of the molecule is CCC1(Nc2nc(C(C)(C)C(=O)O)cs2)CCC1. The predicted octanol–water partition coefficient (Wildman–Crippen LogP) is 3.25. The molecule has 1 heterocycles. The number of nitrogens with zero attached hydrogens (tertiary/aromatic N) is 1. The van der Waals surface area contributed by atoms with Crippen LogP contribution in [0.1, 0.15) is 52.1 Å². The lowest BCUT2D eigenvalue weighted by atomic mass is 9.75. The Kier molecular flexibility index (Phi) is 3.36.